The molecule has 2 aliphatic heterocycles. The summed E-state index contributed by atoms with van der Waals surface area (Å²) in [7, 11) is 0. The predicted molar refractivity (Wildman–Crippen MR) is 126 cm³/mol. The first kappa shape index (κ1) is 21.4. The second-order valence-electron chi connectivity index (χ2n) is 9.10. The SMILES string of the molecule is Cc1nc(-c2ncn[nH]2)ccc1-c1cnc2c(n1)N(CCC1CCOCC1)C(C)(C)C(=O)N2.[HH]. The smallest absolute Gasteiger partial charge is 0.250 e. The summed E-state index contributed by atoms with van der Waals surface area (Å²) >= 11 is 0. The summed E-state index contributed by atoms with van der Waals surface area (Å²) in [6.07, 6.45) is 6.24. The maximum absolute atomic E-state index is 12.8. The Labute approximate surface area is 193 Å². The molecular formula is C23H30N8O2. The molecule has 33 heavy (non-hydrogen) atoms. The topological polar surface area (TPSA) is 122 Å². The molecule has 1 fully saturated rings. The van der Waals surface area contributed by atoms with Gasteiger partial charge in [-0.3, -0.25) is 9.89 Å². The number of aromatic nitrogens is 6. The molecule has 0 bridgehead atoms. The van der Waals surface area contributed by atoms with Gasteiger partial charge in [-0.05, 0) is 58.1 Å². The van der Waals surface area contributed by atoms with E-state index < -0.39 is 5.54 Å². The van der Waals surface area contributed by atoms with Crippen molar-refractivity contribution in [1.82, 2.24) is 30.1 Å². The van der Waals surface area contributed by atoms with Gasteiger partial charge in [-0.15, -0.1) is 0 Å². The second kappa shape index (κ2) is 8.51. The summed E-state index contributed by atoms with van der Waals surface area (Å²) in [6, 6.07) is 3.86. The number of amides is 1. The van der Waals surface area contributed by atoms with Crippen molar-refractivity contribution in [2.75, 3.05) is 30.0 Å². The van der Waals surface area contributed by atoms with Crippen LogP contribution in [0.5, 0.6) is 0 Å². The minimum absolute atomic E-state index is 0. The molecule has 1 amide bonds. The van der Waals surface area contributed by atoms with E-state index >= 15 is 0 Å². The quantitative estimate of drug-likeness (QED) is 0.608. The molecule has 0 radical (unpaired) electrons. The number of fused-ring (bicyclic) bond motifs is 1. The van der Waals surface area contributed by atoms with Crippen molar-refractivity contribution < 1.29 is 11.0 Å². The van der Waals surface area contributed by atoms with Crippen LogP contribution in [0.25, 0.3) is 22.8 Å². The standard InChI is InChI=1S/C23H28N8O2.H2/c1-14-16(4-5-17(27-14)19-25-13-26-30-19)18-12-24-20-21(28-18)31(23(2,3)22(32)29-20)9-6-15-7-10-33-11-8-15;/h4-5,12-13,15H,6-11H2,1-3H3,(H,24,29,32)(H,25,26,30);1H. The maximum atomic E-state index is 12.8. The third-order valence-corrected chi connectivity index (χ3v) is 6.59. The molecule has 2 aliphatic rings. The lowest BCUT2D eigenvalue weighted by molar-refractivity contribution is -0.120. The van der Waals surface area contributed by atoms with Crippen LogP contribution in [0.3, 0.4) is 0 Å². The molecule has 3 aromatic rings. The number of aryl methyl sites for hydroxylation is 1. The first-order valence-electron chi connectivity index (χ1n) is 11.3. The number of hydrogen-bond donors (Lipinski definition) is 2. The van der Waals surface area contributed by atoms with E-state index in [2.05, 4.69) is 35.4 Å². The van der Waals surface area contributed by atoms with Crippen molar-refractivity contribution in [3.8, 4) is 22.8 Å². The van der Waals surface area contributed by atoms with Crippen LogP contribution in [0.1, 0.15) is 40.2 Å². The molecule has 174 valence electrons. The zero-order valence-corrected chi connectivity index (χ0v) is 19.1. The van der Waals surface area contributed by atoms with Crippen molar-refractivity contribution >= 4 is 17.5 Å². The number of nitrogens with zero attached hydrogens (tertiary/aromatic N) is 6. The minimum Gasteiger partial charge on any atom is -0.381 e. The number of aromatic amines is 1. The fraction of sp³-hybridized carbons (Fsp3) is 0.478. The predicted octanol–water partition coefficient (Wildman–Crippen LogP) is 3.23. The number of anilines is 2. The van der Waals surface area contributed by atoms with E-state index in [0.717, 1.165) is 50.3 Å². The molecule has 10 nitrogen and oxygen atoms in total. The van der Waals surface area contributed by atoms with Crippen LogP contribution in [0, 0.1) is 12.8 Å². The molecule has 0 aromatic carbocycles. The van der Waals surface area contributed by atoms with Gasteiger partial charge in [0, 0.05) is 32.4 Å². The third kappa shape index (κ3) is 4.06. The Morgan fingerprint density at radius 3 is 2.73 bits per heavy atom. The van der Waals surface area contributed by atoms with Gasteiger partial charge in [-0.2, -0.15) is 5.10 Å². The largest absolute Gasteiger partial charge is 0.381 e. The Bertz CT molecular complexity index is 1160. The molecule has 0 atom stereocenters. The van der Waals surface area contributed by atoms with Gasteiger partial charge in [-0.25, -0.2) is 19.9 Å². The minimum atomic E-state index is -0.727. The van der Waals surface area contributed by atoms with Crippen LogP contribution in [0.4, 0.5) is 11.6 Å². The summed E-state index contributed by atoms with van der Waals surface area (Å²) in [5.74, 6) is 2.33. The second-order valence-corrected chi connectivity index (χ2v) is 9.10. The van der Waals surface area contributed by atoms with Gasteiger partial charge in [0.2, 0.25) is 0 Å². The summed E-state index contributed by atoms with van der Waals surface area (Å²) in [6.45, 7) is 8.16. The highest BCUT2D eigenvalue weighted by atomic mass is 16.5. The van der Waals surface area contributed by atoms with E-state index in [1.165, 1.54) is 6.33 Å². The molecule has 5 heterocycles. The average Bonchev–Trinajstić information content (AvgIpc) is 3.35. The Balaban J connectivity index is 0.00000274. The number of carbonyl (C=O) groups is 1. The lowest BCUT2D eigenvalue weighted by Gasteiger charge is -2.43. The molecule has 0 saturated carbocycles. The van der Waals surface area contributed by atoms with E-state index in [1.54, 1.807) is 6.20 Å². The lowest BCUT2D eigenvalue weighted by Crippen LogP contribution is -2.57. The Kier molecular flexibility index (Phi) is 5.53. The van der Waals surface area contributed by atoms with Gasteiger partial charge < -0.3 is 15.0 Å². The number of hydrogen-bond acceptors (Lipinski definition) is 8. The van der Waals surface area contributed by atoms with Crippen LogP contribution < -0.4 is 10.2 Å². The fourth-order valence-electron chi connectivity index (χ4n) is 4.46. The van der Waals surface area contributed by atoms with Crippen molar-refractivity contribution in [3.05, 3.63) is 30.4 Å². The molecule has 1 saturated heterocycles. The summed E-state index contributed by atoms with van der Waals surface area (Å²) in [5, 5.41) is 9.66. The van der Waals surface area contributed by atoms with E-state index in [0.29, 0.717) is 34.8 Å². The van der Waals surface area contributed by atoms with Crippen LogP contribution in [-0.2, 0) is 9.53 Å². The van der Waals surface area contributed by atoms with Crippen molar-refractivity contribution in [1.29, 1.82) is 0 Å². The van der Waals surface area contributed by atoms with Gasteiger partial charge in [-0.1, -0.05) is 0 Å². The number of H-pyrrole nitrogens is 1. The molecule has 10 heteroatoms. The van der Waals surface area contributed by atoms with Crippen molar-refractivity contribution in [2.45, 2.75) is 45.6 Å². The molecule has 0 aliphatic carbocycles. The molecule has 5 rings (SSSR count). The Morgan fingerprint density at radius 2 is 2.00 bits per heavy atom. The third-order valence-electron chi connectivity index (χ3n) is 6.59. The van der Waals surface area contributed by atoms with Gasteiger partial charge in [0.05, 0.1) is 11.9 Å². The maximum Gasteiger partial charge on any atom is 0.250 e. The first-order valence-corrected chi connectivity index (χ1v) is 11.3. The van der Waals surface area contributed by atoms with Crippen molar-refractivity contribution in [2.24, 2.45) is 5.92 Å². The van der Waals surface area contributed by atoms with Gasteiger partial charge in [0.1, 0.15) is 17.6 Å². The Hall–Kier alpha value is -3.40. The summed E-state index contributed by atoms with van der Waals surface area (Å²) in [4.78, 5) is 33.3. The zero-order chi connectivity index (χ0) is 23.0. The number of rotatable bonds is 5. The molecule has 3 aromatic heterocycles. The van der Waals surface area contributed by atoms with Gasteiger partial charge in [0.15, 0.2) is 17.5 Å². The Morgan fingerprint density at radius 1 is 1.18 bits per heavy atom. The van der Waals surface area contributed by atoms with Crippen LogP contribution in [0.15, 0.2) is 24.7 Å². The highest BCUT2D eigenvalue weighted by Gasteiger charge is 2.42. The monoisotopic (exact) mass is 450 g/mol. The van der Waals surface area contributed by atoms with Crippen LogP contribution in [0.2, 0.25) is 0 Å². The van der Waals surface area contributed by atoms with E-state index in [1.807, 2.05) is 32.9 Å². The lowest BCUT2D eigenvalue weighted by atomic mass is 9.93. The number of carbonyl (C=O) groups excluding carboxylic acids is 1. The summed E-state index contributed by atoms with van der Waals surface area (Å²) < 4.78 is 5.50. The highest BCUT2D eigenvalue weighted by molar-refractivity contribution is 6.04. The molecular weight excluding hydrogens is 420 g/mol. The van der Waals surface area contributed by atoms with Gasteiger partial charge >= 0.3 is 0 Å². The average molecular weight is 451 g/mol. The zero-order valence-electron chi connectivity index (χ0n) is 19.1. The van der Waals surface area contributed by atoms with Gasteiger partial charge in [0.25, 0.3) is 5.91 Å². The first-order chi connectivity index (χ1) is 15.9. The molecule has 2 N–H and O–H groups in total. The normalized spacial score (nSPS) is 18.2. The van der Waals surface area contributed by atoms with E-state index in [4.69, 9.17) is 9.72 Å². The molecule has 0 spiro atoms. The number of pyridine rings is 1. The number of nitrogens with one attached hydrogen (secondary N) is 2. The summed E-state index contributed by atoms with van der Waals surface area (Å²) in [5.41, 5.74) is 2.39. The van der Waals surface area contributed by atoms with E-state index in [-0.39, 0.29) is 7.33 Å². The number of ether oxygens (including phenoxy) is 1. The van der Waals surface area contributed by atoms with Crippen molar-refractivity contribution in [3.63, 3.8) is 0 Å². The highest BCUT2D eigenvalue weighted by Crippen LogP contribution is 2.37. The van der Waals surface area contributed by atoms with E-state index in [9.17, 15) is 4.79 Å². The fourth-order valence-corrected chi connectivity index (χ4v) is 4.46. The molecule has 0 unspecified atom stereocenters. The van der Waals surface area contributed by atoms with Crippen LogP contribution >= 0.6 is 0 Å². The van der Waals surface area contributed by atoms with Crippen LogP contribution in [-0.4, -0.2) is 61.3 Å².